The summed E-state index contributed by atoms with van der Waals surface area (Å²) in [5.74, 6) is -0.0573. The number of thiophene rings is 1. The summed E-state index contributed by atoms with van der Waals surface area (Å²) in [5, 5.41) is 5.68. The number of nitrogens with one attached hydrogen (secondary N) is 2. The number of hydrogen-bond acceptors (Lipinski definition) is 4. The largest absolute Gasteiger partial charge is 0.426 e. The Morgan fingerprint density at radius 2 is 1.81 bits per heavy atom. The maximum Gasteiger partial charge on any atom is 0.315 e. The number of carbonyl (C=O) groups excluding carboxylic acids is 2. The molecule has 4 rings (SSSR count). The molecule has 134 valence electrons. The molecular weight excluding hydrogens is 360 g/mol. The third-order valence-corrected chi connectivity index (χ3v) is 4.97. The number of carbonyl (C=O) groups is 2. The molecular formula is C21H16N2O3S. The number of hydrogen-bond donors (Lipinski definition) is 2. The number of para-hydroxylation sites is 1. The normalized spacial score (nSPS) is 10.7. The van der Waals surface area contributed by atoms with Crippen molar-refractivity contribution < 1.29 is 14.3 Å². The summed E-state index contributed by atoms with van der Waals surface area (Å²) < 4.78 is 5.41. The first-order valence-corrected chi connectivity index (χ1v) is 9.27. The Hall–Kier alpha value is -3.38. The first kappa shape index (κ1) is 17.1. The van der Waals surface area contributed by atoms with Crippen LogP contribution in [0, 0.1) is 0 Å². The Bertz CT molecular complexity index is 1080. The van der Waals surface area contributed by atoms with E-state index in [1.807, 2.05) is 41.9 Å². The summed E-state index contributed by atoms with van der Waals surface area (Å²) in [4.78, 5) is 28.1. The molecule has 2 aromatic carbocycles. The molecule has 0 fully saturated rings. The number of aromatic nitrogens is 1. The molecule has 0 saturated carbocycles. The Kier molecular flexibility index (Phi) is 4.72. The lowest BCUT2D eigenvalue weighted by Crippen LogP contribution is -2.12. The van der Waals surface area contributed by atoms with E-state index < -0.39 is 0 Å². The van der Waals surface area contributed by atoms with Gasteiger partial charge in [-0.1, -0.05) is 24.3 Å². The number of benzene rings is 2. The van der Waals surface area contributed by atoms with Gasteiger partial charge in [-0.3, -0.25) is 9.59 Å². The predicted molar refractivity (Wildman–Crippen MR) is 106 cm³/mol. The lowest BCUT2D eigenvalue weighted by molar-refractivity contribution is -0.133. The van der Waals surface area contributed by atoms with Crippen LogP contribution < -0.4 is 10.1 Å². The molecule has 2 heterocycles. The van der Waals surface area contributed by atoms with Crippen LogP contribution in [-0.2, 0) is 11.2 Å². The lowest BCUT2D eigenvalue weighted by Gasteiger charge is -2.07. The van der Waals surface area contributed by atoms with E-state index in [9.17, 15) is 9.59 Å². The highest BCUT2D eigenvalue weighted by Crippen LogP contribution is 2.21. The molecule has 6 heteroatoms. The average Bonchev–Trinajstić information content (AvgIpc) is 3.34. The smallest absolute Gasteiger partial charge is 0.315 e. The van der Waals surface area contributed by atoms with Crippen LogP contribution in [0.4, 0.5) is 5.69 Å². The van der Waals surface area contributed by atoms with E-state index in [2.05, 4.69) is 10.3 Å². The Balaban J connectivity index is 1.38. The molecule has 5 nitrogen and oxygen atoms in total. The van der Waals surface area contributed by atoms with E-state index in [0.717, 1.165) is 16.5 Å². The van der Waals surface area contributed by atoms with E-state index in [-0.39, 0.29) is 18.3 Å². The topological polar surface area (TPSA) is 71.2 Å². The minimum atomic E-state index is -0.338. The summed E-state index contributed by atoms with van der Waals surface area (Å²) in [6.07, 6.45) is 2.01. The summed E-state index contributed by atoms with van der Waals surface area (Å²) in [5.41, 5.74) is 2.53. The lowest BCUT2D eigenvalue weighted by atomic mass is 10.1. The fourth-order valence-corrected chi connectivity index (χ4v) is 3.43. The highest BCUT2D eigenvalue weighted by atomic mass is 32.1. The summed E-state index contributed by atoms with van der Waals surface area (Å²) in [6.45, 7) is 0. The molecule has 0 bridgehead atoms. The van der Waals surface area contributed by atoms with Gasteiger partial charge in [-0.05, 0) is 47.3 Å². The fraction of sp³-hybridized carbons (Fsp3) is 0.0476. The number of fused-ring (bicyclic) bond motifs is 1. The van der Waals surface area contributed by atoms with Crippen LogP contribution in [0.1, 0.15) is 15.2 Å². The number of anilines is 1. The highest BCUT2D eigenvalue weighted by molar-refractivity contribution is 7.12. The third kappa shape index (κ3) is 3.91. The second-order valence-electron chi connectivity index (χ2n) is 5.97. The van der Waals surface area contributed by atoms with Crippen molar-refractivity contribution in [3.8, 4) is 5.75 Å². The number of aromatic amines is 1. The molecule has 0 aliphatic heterocycles. The zero-order chi connectivity index (χ0) is 18.6. The Morgan fingerprint density at radius 1 is 1.00 bits per heavy atom. The molecule has 0 unspecified atom stereocenters. The van der Waals surface area contributed by atoms with E-state index in [0.29, 0.717) is 16.3 Å². The van der Waals surface area contributed by atoms with Gasteiger partial charge in [-0.2, -0.15) is 0 Å². The van der Waals surface area contributed by atoms with Gasteiger partial charge < -0.3 is 15.0 Å². The van der Waals surface area contributed by atoms with E-state index >= 15 is 0 Å². The molecule has 2 N–H and O–H groups in total. The molecule has 1 amide bonds. The van der Waals surface area contributed by atoms with Gasteiger partial charge >= 0.3 is 5.97 Å². The zero-order valence-electron chi connectivity index (χ0n) is 14.3. The van der Waals surface area contributed by atoms with Gasteiger partial charge in [0.15, 0.2) is 0 Å². The summed E-state index contributed by atoms with van der Waals surface area (Å²) in [7, 11) is 0. The van der Waals surface area contributed by atoms with Gasteiger partial charge in [0.05, 0.1) is 11.3 Å². The van der Waals surface area contributed by atoms with Crippen molar-refractivity contribution in [1.82, 2.24) is 4.98 Å². The van der Waals surface area contributed by atoms with E-state index in [1.165, 1.54) is 11.3 Å². The maximum atomic E-state index is 12.2. The first-order valence-electron chi connectivity index (χ1n) is 8.39. The van der Waals surface area contributed by atoms with E-state index in [1.54, 1.807) is 30.3 Å². The second kappa shape index (κ2) is 7.47. The van der Waals surface area contributed by atoms with Gasteiger partial charge in [0.1, 0.15) is 5.75 Å². The van der Waals surface area contributed by atoms with Crippen LogP contribution in [0.5, 0.6) is 5.75 Å². The molecule has 0 aliphatic rings. The predicted octanol–water partition coefficient (Wildman–Crippen LogP) is 4.63. The number of amides is 1. The molecule has 2 aromatic heterocycles. The van der Waals surface area contributed by atoms with Crippen LogP contribution in [0.25, 0.3) is 10.9 Å². The molecule has 0 saturated heterocycles. The van der Waals surface area contributed by atoms with Gasteiger partial charge in [0, 0.05) is 22.8 Å². The summed E-state index contributed by atoms with van der Waals surface area (Å²) in [6, 6.07) is 18.2. The van der Waals surface area contributed by atoms with E-state index in [4.69, 9.17) is 4.74 Å². The first-order chi connectivity index (χ1) is 13.2. The zero-order valence-corrected chi connectivity index (χ0v) is 15.1. The van der Waals surface area contributed by atoms with Crippen LogP contribution in [0.15, 0.2) is 72.2 Å². The molecule has 0 aliphatic carbocycles. The second-order valence-corrected chi connectivity index (χ2v) is 6.91. The van der Waals surface area contributed by atoms with Gasteiger partial charge in [-0.15, -0.1) is 11.3 Å². The van der Waals surface area contributed by atoms with Crippen LogP contribution in [-0.4, -0.2) is 16.9 Å². The number of ether oxygens (including phenoxy) is 1. The molecule has 0 radical (unpaired) electrons. The van der Waals surface area contributed by atoms with Gasteiger partial charge in [0.2, 0.25) is 0 Å². The molecule has 0 spiro atoms. The average molecular weight is 376 g/mol. The monoisotopic (exact) mass is 376 g/mol. The third-order valence-electron chi connectivity index (χ3n) is 4.10. The molecule has 4 aromatic rings. The fourth-order valence-electron chi connectivity index (χ4n) is 2.81. The molecule has 0 atom stereocenters. The van der Waals surface area contributed by atoms with Crippen molar-refractivity contribution in [2.45, 2.75) is 6.42 Å². The minimum absolute atomic E-state index is 0.158. The number of rotatable bonds is 5. The molecule has 27 heavy (non-hydrogen) atoms. The van der Waals surface area contributed by atoms with Crippen molar-refractivity contribution in [3.63, 3.8) is 0 Å². The standard InChI is InChI=1S/C21H16N2O3S/c24-20(12-14-13-22-18-5-2-1-4-17(14)18)26-16-9-7-15(8-10-16)23-21(25)19-6-3-11-27-19/h1-11,13,22H,12H2,(H,23,25). The van der Waals surface area contributed by atoms with Crippen molar-refractivity contribution >= 4 is 39.8 Å². The van der Waals surface area contributed by atoms with Crippen LogP contribution in [0.3, 0.4) is 0 Å². The number of esters is 1. The van der Waals surface area contributed by atoms with Crippen molar-refractivity contribution in [3.05, 3.63) is 82.7 Å². The quantitative estimate of drug-likeness (QED) is 0.394. The van der Waals surface area contributed by atoms with Gasteiger partial charge in [-0.25, -0.2) is 0 Å². The van der Waals surface area contributed by atoms with Crippen molar-refractivity contribution in [2.24, 2.45) is 0 Å². The SMILES string of the molecule is O=C(Cc1c[nH]c2ccccc12)Oc1ccc(NC(=O)c2cccs2)cc1. The van der Waals surface area contributed by atoms with Crippen LogP contribution >= 0.6 is 11.3 Å². The summed E-state index contributed by atoms with van der Waals surface area (Å²) >= 11 is 1.38. The maximum absolute atomic E-state index is 12.2. The number of H-pyrrole nitrogens is 1. The Labute approximate surface area is 159 Å². The van der Waals surface area contributed by atoms with Crippen molar-refractivity contribution in [1.29, 1.82) is 0 Å². The highest BCUT2D eigenvalue weighted by Gasteiger charge is 2.11. The van der Waals surface area contributed by atoms with Crippen molar-refractivity contribution in [2.75, 3.05) is 5.32 Å². The minimum Gasteiger partial charge on any atom is -0.426 e. The van der Waals surface area contributed by atoms with Crippen LogP contribution in [0.2, 0.25) is 0 Å². The van der Waals surface area contributed by atoms with Gasteiger partial charge in [0.25, 0.3) is 5.91 Å². The Morgan fingerprint density at radius 3 is 2.59 bits per heavy atom.